The summed E-state index contributed by atoms with van der Waals surface area (Å²) in [5.74, 6) is 0.379. The summed E-state index contributed by atoms with van der Waals surface area (Å²) in [4.78, 5) is 47.7. The summed E-state index contributed by atoms with van der Waals surface area (Å²) in [6.07, 6.45) is 0. The second-order valence-electron chi connectivity index (χ2n) is 7.75. The molecule has 0 atom stereocenters. The number of esters is 1. The number of benzene rings is 1. The van der Waals surface area contributed by atoms with Crippen molar-refractivity contribution in [3.8, 4) is 0 Å². The summed E-state index contributed by atoms with van der Waals surface area (Å²) < 4.78 is 8.00. The van der Waals surface area contributed by atoms with Gasteiger partial charge < -0.3 is 9.64 Å². The van der Waals surface area contributed by atoms with Crippen molar-refractivity contribution in [3.05, 3.63) is 56.2 Å². The minimum Gasteiger partial charge on any atom is -0.468 e. The van der Waals surface area contributed by atoms with Gasteiger partial charge in [0.1, 0.15) is 0 Å². The number of fused-ring (bicyclic) bond motifs is 1. The van der Waals surface area contributed by atoms with E-state index in [0.29, 0.717) is 49.8 Å². The van der Waals surface area contributed by atoms with Crippen LogP contribution in [-0.2, 0) is 23.1 Å². The molecule has 1 aromatic carbocycles. The number of carbonyl (C=O) groups is 1. The van der Waals surface area contributed by atoms with Gasteiger partial charge in [-0.15, -0.1) is 0 Å². The van der Waals surface area contributed by atoms with Gasteiger partial charge in [0.15, 0.2) is 11.2 Å². The van der Waals surface area contributed by atoms with E-state index in [1.165, 1.54) is 11.7 Å². The lowest BCUT2D eigenvalue weighted by atomic mass is 10.1. The molecule has 10 nitrogen and oxygen atoms in total. The maximum atomic E-state index is 12.7. The molecule has 1 aliphatic rings. The Hall–Kier alpha value is -3.40. The number of ether oxygens (including phenoxy) is 1. The van der Waals surface area contributed by atoms with Gasteiger partial charge in [-0.2, -0.15) is 4.98 Å². The molecule has 0 amide bonds. The lowest BCUT2D eigenvalue weighted by molar-refractivity contribution is -0.142. The lowest BCUT2D eigenvalue weighted by Gasteiger charge is -2.34. The third-order valence-corrected chi connectivity index (χ3v) is 5.81. The zero-order chi connectivity index (χ0) is 22.1. The van der Waals surface area contributed by atoms with Gasteiger partial charge >= 0.3 is 11.7 Å². The largest absolute Gasteiger partial charge is 0.468 e. The average molecular weight is 426 g/mol. The van der Waals surface area contributed by atoms with Crippen LogP contribution in [0.5, 0.6) is 0 Å². The monoisotopic (exact) mass is 426 g/mol. The van der Waals surface area contributed by atoms with Gasteiger partial charge in [-0.3, -0.25) is 28.6 Å². The molecule has 1 fully saturated rings. The fourth-order valence-corrected chi connectivity index (χ4v) is 3.93. The van der Waals surface area contributed by atoms with Crippen LogP contribution in [0, 0.1) is 6.92 Å². The molecule has 3 aromatic rings. The van der Waals surface area contributed by atoms with Gasteiger partial charge in [0, 0.05) is 33.2 Å². The number of nitrogens with one attached hydrogen (secondary N) is 1. The van der Waals surface area contributed by atoms with Crippen molar-refractivity contribution >= 4 is 23.1 Å². The molecule has 3 heterocycles. The van der Waals surface area contributed by atoms with Gasteiger partial charge in [0.2, 0.25) is 5.95 Å². The van der Waals surface area contributed by atoms with Crippen molar-refractivity contribution in [2.45, 2.75) is 13.5 Å². The molecular formula is C21H26N6O4. The summed E-state index contributed by atoms with van der Waals surface area (Å²) in [6, 6.07) is 7.99. The molecule has 4 rings (SSSR count). The third kappa shape index (κ3) is 3.98. The Bertz CT molecular complexity index is 1230. The molecule has 0 unspecified atom stereocenters. The van der Waals surface area contributed by atoms with E-state index < -0.39 is 11.2 Å². The van der Waals surface area contributed by atoms with Crippen LogP contribution in [0.2, 0.25) is 0 Å². The van der Waals surface area contributed by atoms with E-state index in [0.717, 1.165) is 11.1 Å². The molecule has 1 aliphatic heterocycles. The van der Waals surface area contributed by atoms with E-state index in [1.54, 1.807) is 7.05 Å². The van der Waals surface area contributed by atoms with Crippen molar-refractivity contribution in [3.63, 3.8) is 0 Å². The number of H-pyrrole nitrogens is 1. The predicted octanol–water partition coefficient (Wildman–Crippen LogP) is 0.0750. The average Bonchev–Trinajstić information content (AvgIpc) is 3.14. The van der Waals surface area contributed by atoms with E-state index in [2.05, 4.69) is 9.88 Å². The van der Waals surface area contributed by atoms with Crippen LogP contribution in [0.3, 0.4) is 0 Å². The van der Waals surface area contributed by atoms with Crippen LogP contribution in [0.4, 0.5) is 5.95 Å². The standard InChI is InChI=1S/C21H26N6O4/c1-14-6-4-5-7-15(14)12-27-17-18(24(2)21(30)23-19(17)29)22-20(27)26-10-8-25(9-11-26)13-16(28)31-3/h4-7H,8-13H2,1-3H3,(H,23,29,30). The second kappa shape index (κ2) is 8.38. The second-order valence-corrected chi connectivity index (χ2v) is 7.75. The number of carbonyl (C=O) groups excluding carboxylic acids is 1. The molecule has 0 spiro atoms. The number of hydrogen-bond donors (Lipinski definition) is 1. The number of hydrogen-bond acceptors (Lipinski definition) is 7. The molecule has 0 aliphatic carbocycles. The van der Waals surface area contributed by atoms with Crippen LogP contribution in [0.1, 0.15) is 11.1 Å². The number of anilines is 1. The molecular weight excluding hydrogens is 400 g/mol. The van der Waals surface area contributed by atoms with Gasteiger partial charge in [-0.05, 0) is 18.1 Å². The van der Waals surface area contributed by atoms with E-state index in [9.17, 15) is 14.4 Å². The number of methoxy groups -OCH3 is 1. The number of nitrogens with zero attached hydrogens (tertiary/aromatic N) is 5. The summed E-state index contributed by atoms with van der Waals surface area (Å²) in [6.45, 7) is 5.34. The summed E-state index contributed by atoms with van der Waals surface area (Å²) >= 11 is 0. The highest BCUT2D eigenvalue weighted by Crippen LogP contribution is 2.23. The smallest absolute Gasteiger partial charge is 0.329 e. The minimum absolute atomic E-state index is 0.248. The van der Waals surface area contributed by atoms with Crippen LogP contribution >= 0.6 is 0 Å². The number of rotatable bonds is 5. The first-order chi connectivity index (χ1) is 14.9. The molecule has 0 radical (unpaired) electrons. The van der Waals surface area contributed by atoms with Gasteiger partial charge in [0.25, 0.3) is 5.56 Å². The van der Waals surface area contributed by atoms with Gasteiger partial charge in [-0.1, -0.05) is 24.3 Å². The summed E-state index contributed by atoms with van der Waals surface area (Å²) in [5.41, 5.74) is 1.97. The van der Waals surface area contributed by atoms with Crippen LogP contribution < -0.4 is 16.1 Å². The topological polar surface area (TPSA) is 105 Å². The number of piperazine rings is 1. The molecule has 1 saturated heterocycles. The first-order valence-corrected chi connectivity index (χ1v) is 10.2. The lowest BCUT2D eigenvalue weighted by Crippen LogP contribution is -2.48. The Morgan fingerprint density at radius 3 is 2.55 bits per heavy atom. The first-order valence-electron chi connectivity index (χ1n) is 10.2. The number of aryl methyl sites for hydroxylation is 2. The Balaban J connectivity index is 1.75. The van der Waals surface area contributed by atoms with Crippen molar-refractivity contribution in [2.24, 2.45) is 7.05 Å². The third-order valence-electron chi connectivity index (χ3n) is 5.81. The SMILES string of the molecule is COC(=O)CN1CCN(c2nc3c(c(=O)[nH]c(=O)n3C)n2Cc2ccccc2C)CC1. The molecule has 1 N–H and O–H groups in total. The molecule has 0 saturated carbocycles. The zero-order valence-corrected chi connectivity index (χ0v) is 17.9. The highest BCUT2D eigenvalue weighted by atomic mass is 16.5. The molecule has 164 valence electrons. The Kier molecular flexibility index (Phi) is 5.64. The molecule has 31 heavy (non-hydrogen) atoms. The number of aromatic amines is 1. The Morgan fingerprint density at radius 1 is 1.16 bits per heavy atom. The quantitative estimate of drug-likeness (QED) is 0.576. The van der Waals surface area contributed by atoms with Crippen molar-refractivity contribution in [1.82, 2.24) is 24.0 Å². The number of imidazole rings is 1. The molecule has 0 bridgehead atoms. The normalized spacial score (nSPS) is 14.9. The molecule has 2 aromatic heterocycles. The van der Waals surface area contributed by atoms with Crippen LogP contribution in [0.15, 0.2) is 33.9 Å². The summed E-state index contributed by atoms with van der Waals surface area (Å²) in [5, 5.41) is 0. The number of aromatic nitrogens is 4. The summed E-state index contributed by atoms with van der Waals surface area (Å²) in [7, 11) is 2.98. The Labute approximate surface area is 178 Å². The zero-order valence-electron chi connectivity index (χ0n) is 17.9. The van der Waals surface area contributed by atoms with Gasteiger partial charge in [-0.25, -0.2) is 4.79 Å². The predicted molar refractivity (Wildman–Crippen MR) is 117 cm³/mol. The fraction of sp³-hybridized carbons (Fsp3) is 0.429. The van der Waals surface area contributed by atoms with Gasteiger partial charge in [0.05, 0.1) is 20.2 Å². The maximum absolute atomic E-state index is 12.7. The maximum Gasteiger partial charge on any atom is 0.329 e. The minimum atomic E-state index is -0.493. The van der Waals surface area contributed by atoms with Crippen molar-refractivity contribution < 1.29 is 9.53 Å². The van der Waals surface area contributed by atoms with Crippen molar-refractivity contribution in [1.29, 1.82) is 0 Å². The van der Waals surface area contributed by atoms with E-state index in [-0.39, 0.29) is 12.5 Å². The first kappa shape index (κ1) is 20.9. The van der Waals surface area contributed by atoms with E-state index in [1.807, 2.05) is 40.7 Å². The highest BCUT2D eigenvalue weighted by molar-refractivity contribution is 5.75. The molecule has 10 heteroatoms. The fourth-order valence-electron chi connectivity index (χ4n) is 3.93. The van der Waals surface area contributed by atoms with E-state index in [4.69, 9.17) is 9.72 Å². The van der Waals surface area contributed by atoms with Crippen LogP contribution in [0.25, 0.3) is 11.2 Å². The Morgan fingerprint density at radius 2 is 1.87 bits per heavy atom. The van der Waals surface area contributed by atoms with Crippen LogP contribution in [-0.4, -0.2) is 69.8 Å². The highest BCUT2D eigenvalue weighted by Gasteiger charge is 2.26. The van der Waals surface area contributed by atoms with E-state index >= 15 is 0 Å². The van der Waals surface area contributed by atoms with Crippen molar-refractivity contribution in [2.75, 3.05) is 44.7 Å².